The Morgan fingerprint density at radius 2 is 1.92 bits per heavy atom. The van der Waals surface area contributed by atoms with E-state index in [1.165, 1.54) is 0 Å². The van der Waals surface area contributed by atoms with Crippen molar-refractivity contribution in [3.8, 4) is 0 Å². The van der Waals surface area contributed by atoms with Crippen LogP contribution >= 0.6 is 0 Å². The van der Waals surface area contributed by atoms with Crippen molar-refractivity contribution in [3.63, 3.8) is 0 Å². The van der Waals surface area contributed by atoms with Crippen molar-refractivity contribution >= 4 is 0 Å². The summed E-state index contributed by atoms with van der Waals surface area (Å²) in [4.78, 5) is 0. The highest BCUT2D eigenvalue weighted by atomic mass is 19.1. The summed E-state index contributed by atoms with van der Waals surface area (Å²) in [7, 11) is 0. The highest BCUT2D eigenvalue weighted by Crippen LogP contribution is 2.41. The van der Waals surface area contributed by atoms with Crippen LogP contribution in [-0.2, 0) is 4.74 Å². The highest BCUT2D eigenvalue weighted by molar-refractivity contribution is 4.92. The van der Waals surface area contributed by atoms with Gasteiger partial charge in [-0.1, -0.05) is 6.92 Å². The number of epoxide rings is 1. The van der Waals surface area contributed by atoms with Crippen molar-refractivity contribution in [2.45, 2.75) is 51.5 Å². The maximum absolute atomic E-state index is 12.9. The maximum atomic E-state index is 12.9. The predicted molar refractivity (Wildman–Crippen MR) is 45.7 cm³/mol. The topological polar surface area (TPSA) is 12.5 Å². The molecule has 5 atom stereocenters. The molecule has 1 saturated carbocycles. The van der Waals surface area contributed by atoms with Gasteiger partial charge in [0, 0.05) is 0 Å². The molecule has 1 heterocycles. The molecule has 0 bridgehead atoms. The largest absolute Gasteiger partial charge is 0.370 e. The fraction of sp³-hybridized carbons (Fsp3) is 1.00. The van der Waals surface area contributed by atoms with Gasteiger partial charge in [-0.3, -0.25) is 0 Å². The monoisotopic (exact) mass is 172 g/mol. The Hall–Kier alpha value is -0.110. The first kappa shape index (κ1) is 8.49. The second-order valence-electron chi connectivity index (χ2n) is 4.36. The van der Waals surface area contributed by atoms with E-state index in [0.29, 0.717) is 24.0 Å². The van der Waals surface area contributed by atoms with Gasteiger partial charge in [-0.15, -0.1) is 0 Å². The average molecular weight is 172 g/mol. The Morgan fingerprint density at radius 1 is 1.25 bits per heavy atom. The smallest absolute Gasteiger partial charge is 0.100 e. The van der Waals surface area contributed by atoms with Crippen LogP contribution in [0.4, 0.5) is 4.39 Å². The second-order valence-corrected chi connectivity index (χ2v) is 4.36. The molecule has 2 heteroatoms. The van der Waals surface area contributed by atoms with E-state index in [9.17, 15) is 4.39 Å². The van der Waals surface area contributed by atoms with Crippen molar-refractivity contribution in [3.05, 3.63) is 0 Å². The molecule has 2 fully saturated rings. The van der Waals surface area contributed by atoms with Gasteiger partial charge in [-0.05, 0) is 38.0 Å². The standard InChI is InChI=1S/C10H17FO/c1-6-5-8(11)3-4-9(6)10-7(2)12-10/h6-10H,3-5H2,1-2H3. The molecule has 0 amide bonds. The first-order chi connectivity index (χ1) is 5.68. The summed E-state index contributed by atoms with van der Waals surface area (Å²) in [6.07, 6.45) is 2.86. The molecule has 0 aromatic rings. The summed E-state index contributed by atoms with van der Waals surface area (Å²) in [6.45, 7) is 4.27. The molecule has 2 aliphatic rings. The van der Waals surface area contributed by atoms with E-state index in [1.54, 1.807) is 0 Å². The number of hydrogen-bond donors (Lipinski definition) is 0. The molecule has 0 aromatic carbocycles. The fourth-order valence-electron chi connectivity index (χ4n) is 2.49. The zero-order chi connectivity index (χ0) is 8.72. The van der Waals surface area contributed by atoms with Crippen molar-refractivity contribution in [1.29, 1.82) is 0 Å². The molecule has 1 aliphatic carbocycles. The Balaban J connectivity index is 1.90. The summed E-state index contributed by atoms with van der Waals surface area (Å²) < 4.78 is 18.4. The van der Waals surface area contributed by atoms with Gasteiger partial charge in [0.25, 0.3) is 0 Å². The van der Waals surface area contributed by atoms with Crippen LogP contribution in [0.15, 0.2) is 0 Å². The molecule has 1 aliphatic heterocycles. The van der Waals surface area contributed by atoms with Crippen LogP contribution in [0, 0.1) is 11.8 Å². The van der Waals surface area contributed by atoms with Gasteiger partial charge in [-0.25, -0.2) is 4.39 Å². The fourth-order valence-corrected chi connectivity index (χ4v) is 2.49. The molecule has 0 aromatic heterocycles. The van der Waals surface area contributed by atoms with Crippen LogP contribution in [0.5, 0.6) is 0 Å². The molecule has 1 saturated heterocycles. The van der Waals surface area contributed by atoms with E-state index in [-0.39, 0.29) is 0 Å². The van der Waals surface area contributed by atoms with Crippen molar-refractivity contribution in [2.24, 2.45) is 11.8 Å². The van der Waals surface area contributed by atoms with Crippen LogP contribution in [0.3, 0.4) is 0 Å². The summed E-state index contributed by atoms with van der Waals surface area (Å²) >= 11 is 0. The summed E-state index contributed by atoms with van der Waals surface area (Å²) in [5, 5.41) is 0. The molecule has 70 valence electrons. The van der Waals surface area contributed by atoms with Gasteiger partial charge >= 0.3 is 0 Å². The zero-order valence-electron chi connectivity index (χ0n) is 7.79. The lowest BCUT2D eigenvalue weighted by Crippen LogP contribution is -2.28. The third-order valence-electron chi connectivity index (χ3n) is 3.35. The van der Waals surface area contributed by atoms with E-state index in [2.05, 4.69) is 13.8 Å². The Morgan fingerprint density at radius 3 is 2.42 bits per heavy atom. The Labute approximate surface area is 73.3 Å². The lowest BCUT2D eigenvalue weighted by atomic mass is 9.77. The highest BCUT2D eigenvalue weighted by Gasteiger charge is 2.45. The number of alkyl halides is 1. The normalized spacial score (nSPS) is 53.8. The quantitative estimate of drug-likeness (QED) is 0.554. The Kier molecular flexibility index (Phi) is 2.11. The Bertz CT molecular complexity index is 171. The molecule has 1 nitrogen and oxygen atoms in total. The third-order valence-corrected chi connectivity index (χ3v) is 3.35. The lowest BCUT2D eigenvalue weighted by Gasteiger charge is -2.29. The van der Waals surface area contributed by atoms with Crippen LogP contribution < -0.4 is 0 Å². The number of hydrogen-bond acceptors (Lipinski definition) is 1. The molecular formula is C10H17FO. The molecule has 0 N–H and O–H groups in total. The van der Waals surface area contributed by atoms with Crippen LogP contribution in [0.25, 0.3) is 0 Å². The summed E-state index contributed by atoms with van der Waals surface area (Å²) in [5.74, 6) is 1.15. The average Bonchev–Trinajstić information content (AvgIpc) is 2.66. The van der Waals surface area contributed by atoms with E-state index in [0.717, 1.165) is 19.3 Å². The van der Waals surface area contributed by atoms with Crippen molar-refractivity contribution in [2.75, 3.05) is 0 Å². The van der Waals surface area contributed by atoms with Gasteiger partial charge < -0.3 is 4.74 Å². The van der Waals surface area contributed by atoms with E-state index in [4.69, 9.17) is 4.74 Å². The SMILES string of the molecule is CC1CC(F)CCC1C1OC1C. The summed E-state index contributed by atoms with van der Waals surface area (Å²) in [6, 6.07) is 0. The molecule has 0 radical (unpaired) electrons. The van der Waals surface area contributed by atoms with Crippen molar-refractivity contribution in [1.82, 2.24) is 0 Å². The van der Waals surface area contributed by atoms with E-state index >= 15 is 0 Å². The van der Waals surface area contributed by atoms with Gasteiger partial charge in [0.15, 0.2) is 0 Å². The van der Waals surface area contributed by atoms with Crippen LogP contribution in [0.1, 0.15) is 33.1 Å². The summed E-state index contributed by atoms with van der Waals surface area (Å²) in [5.41, 5.74) is 0. The first-order valence-corrected chi connectivity index (χ1v) is 4.98. The minimum atomic E-state index is -0.551. The van der Waals surface area contributed by atoms with Crippen molar-refractivity contribution < 1.29 is 9.13 Å². The van der Waals surface area contributed by atoms with E-state index < -0.39 is 6.17 Å². The molecule has 0 spiro atoms. The number of ether oxygens (including phenoxy) is 1. The molecule has 12 heavy (non-hydrogen) atoms. The second kappa shape index (κ2) is 2.99. The lowest BCUT2D eigenvalue weighted by molar-refractivity contribution is 0.127. The maximum Gasteiger partial charge on any atom is 0.100 e. The van der Waals surface area contributed by atoms with Crippen LogP contribution in [-0.4, -0.2) is 18.4 Å². The first-order valence-electron chi connectivity index (χ1n) is 4.98. The van der Waals surface area contributed by atoms with Gasteiger partial charge in [0.2, 0.25) is 0 Å². The third kappa shape index (κ3) is 1.49. The number of halogens is 1. The van der Waals surface area contributed by atoms with E-state index in [1.807, 2.05) is 0 Å². The van der Waals surface area contributed by atoms with Crippen LogP contribution in [0.2, 0.25) is 0 Å². The molecule has 2 rings (SSSR count). The molecular weight excluding hydrogens is 155 g/mol. The number of rotatable bonds is 1. The van der Waals surface area contributed by atoms with Gasteiger partial charge in [-0.2, -0.15) is 0 Å². The molecule has 5 unspecified atom stereocenters. The van der Waals surface area contributed by atoms with Gasteiger partial charge in [0.1, 0.15) is 6.17 Å². The minimum Gasteiger partial charge on any atom is -0.370 e. The zero-order valence-corrected chi connectivity index (χ0v) is 7.79. The predicted octanol–water partition coefficient (Wildman–Crippen LogP) is 2.55. The minimum absolute atomic E-state index is 0.439. The van der Waals surface area contributed by atoms with Gasteiger partial charge in [0.05, 0.1) is 12.2 Å².